The SMILES string of the molecule is CS(=O)(=O)CCCNc1c(N)ccc(F)c1F. The van der Waals surface area contributed by atoms with Gasteiger partial charge in [-0.2, -0.15) is 0 Å². The minimum Gasteiger partial charge on any atom is -0.397 e. The molecular weight excluding hydrogens is 250 g/mol. The molecule has 0 atom stereocenters. The number of hydrogen-bond acceptors (Lipinski definition) is 4. The maximum Gasteiger partial charge on any atom is 0.183 e. The van der Waals surface area contributed by atoms with Crippen LogP contribution in [0.5, 0.6) is 0 Å². The number of nitrogens with two attached hydrogens (primary N) is 1. The zero-order valence-corrected chi connectivity index (χ0v) is 10.2. The van der Waals surface area contributed by atoms with E-state index < -0.39 is 21.5 Å². The van der Waals surface area contributed by atoms with Crippen LogP contribution in [0, 0.1) is 11.6 Å². The average molecular weight is 264 g/mol. The molecule has 0 bridgehead atoms. The van der Waals surface area contributed by atoms with E-state index in [4.69, 9.17) is 5.73 Å². The van der Waals surface area contributed by atoms with Gasteiger partial charge in [0.15, 0.2) is 11.6 Å². The zero-order valence-electron chi connectivity index (χ0n) is 9.33. The van der Waals surface area contributed by atoms with Gasteiger partial charge in [0.1, 0.15) is 9.84 Å². The van der Waals surface area contributed by atoms with E-state index in [0.717, 1.165) is 12.3 Å². The quantitative estimate of drug-likeness (QED) is 0.622. The van der Waals surface area contributed by atoms with E-state index in [0.29, 0.717) is 6.42 Å². The minimum absolute atomic E-state index is 0.0170. The Morgan fingerprint density at radius 1 is 1.35 bits per heavy atom. The Morgan fingerprint density at radius 2 is 2.00 bits per heavy atom. The topological polar surface area (TPSA) is 72.2 Å². The van der Waals surface area contributed by atoms with E-state index in [1.807, 2.05) is 0 Å². The zero-order chi connectivity index (χ0) is 13.1. The summed E-state index contributed by atoms with van der Waals surface area (Å²) in [6, 6.07) is 2.18. The second-order valence-electron chi connectivity index (χ2n) is 3.74. The molecule has 7 heteroatoms. The van der Waals surface area contributed by atoms with Crippen molar-refractivity contribution in [1.82, 2.24) is 0 Å². The first-order chi connectivity index (χ1) is 7.81. The maximum absolute atomic E-state index is 13.3. The summed E-state index contributed by atoms with van der Waals surface area (Å²) in [4.78, 5) is 0. The predicted molar refractivity (Wildman–Crippen MR) is 63.6 cm³/mol. The summed E-state index contributed by atoms with van der Waals surface area (Å²) in [5, 5.41) is 2.59. The monoisotopic (exact) mass is 264 g/mol. The second-order valence-corrected chi connectivity index (χ2v) is 6.00. The van der Waals surface area contributed by atoms with Gasteiger partial charge in [-0.3, -0.25) is 0 Å². The Labute approximate surface area is 98.7 Å². The van der Waals surface area contributed by atoms with Crippen molar-refractivity contribution in [3.05, 3.63) is 23.8 Å². The van der Waals surface area contributed by atoms with Crippen molar-refractivity contribution in [3.63, 3.8) is 0 Å². The third-order valence-corrected chi connectivity index (χ3v) is 3.15. The summed E-state index contributed by atoms with van der Waals surface area (Å²) in [6.07, 6.45) is 1.42. The van der Waals surface area contributed by atoms with E-state index in [1.54, 1.807) is 0 Å². The summed E-state index contributed by atoms with van der Waals surface area (Å²) in [7, 11) is -3.05. The highest BCUT2D eigenvalue weighted by atomic mass is 32.2. The van der Waals surface area contributed by atoms with E-state index in [-0.39, 0.29) is 23.7 Å². The number of nitrogen functional groups attached to an aromatic ring is 1. The normalized spacial score (nSPS) is 11.5. The lowest BCUT2D eigenvalue weighted by Crippen LogP contribution is -2.12. The van der Waals surface area contributed by atoms with E-state index in [9.17, 15) is 17.2 Å². The Bertz CT molecular complexity index is 503. The van der Waals surface area contributed by atoms with Crippen LogP contribution in [-0.4, -0.2) is 27.0 Å². The number of nitrogens with one attached hydrogen (secondary N) is 1. The molecule has 0 unspecified atom stereocenters. The van der Waals surface area contributed by atoms with Gasteiger partial charge in [0.05, 0.1) is 17.1 Å². The van der Waals surface area contributed by atoms with Crippen molar-refractivity contribution in [1.29, 1.82) is 0 Å². The Balaban J connectivity index is 2.61. The van der Waals surface area contributed by atoms with Crippen LogP contribution >= 0.6 is 0 Å². The number of hydrogen-bond donors (Lipinski definition) is 2. The minimum atomic E-state index is -3.05. The standard InChI is InChI=1S/C10H14F2N2O2S/c1-17(15,16)6-2-5-14-10-8(13)4-3-7(11)9(10)12/h3-4,14H,2,5-6,13H2,1H3. The molecule has 0 saturated carbocycles. The predicted octanol–water partition coefficient (Wildman–Crippen LogP) is 1.39. The first kappa shape index (κ1) is 13.7. The summed E-state index contributed by atoms with van der Waals surface area (Å²) < 4.78 is 47.9. The molecule has 0 spiro atoms. The molecule has 1 rings (SSSR count). The van der Waals surface area contributed by atoms with Gasteiger partial charge < -0.3 is 11.1 Å². The third kappa shape index (κ3) is 4.18. The molecule has 0 aliphatic carbocycles. The second kappa shape index (κ2) is 5.31. The van der Waals surface area contributed by atoms with Crippen molar-refractivity contribution in [2.75, 3.05) is 29.6 Å². The van der Waals surface area contributed by atoms with Crippen LogP contribution in [0.3, 0.4) is 0 Å². The summed E-state index contributed by atoms with van der Waals surface area (Å²) in [6.45, 7) is 0.206. The molecule has 0 amide bonds. The van der Waals surface area contributed by atoms with Gasteiger partial charge in [0.2, 0.25) is 0 Å². The largest absolute Gasteiger partial charge is 0.397 e. The fourth-order valence-corrected chi connectivity index (χ4v) is 1.96. The van der Waals surface area contributed by atoms with Gasteiger partial charge in [0, 0.05) is 12.8 Å². The molecule has 0 saturated heterocycles. The molecule has 0 aromatic heterocycles. The number of rotatable bonds is 5. The molecule has 3 N–H and O–H groups in total. The summed E-state index contributed by atoms with van der Waals surface area (Å²) >= 11 is 0. The average Bonchev–Trinajstić information content (AvgIpc) is 2.21. The van der Waals surface area contributed by atoms with Gasteiger partial charge in [-0.25, -0.2) is 17.2 Å². The van der Waals surface area contributed by atoms with Crippen LogP contribution in [0.25, 0.3) is 0 Å². The fourth-order valence-electron chi connectivity index (χ4n) is 1.29. The van der Waals surface area contributed by atoms with Crippen molar-refractivity contribution in [2.24, 2.45) is 0 Å². The lowest BCUT2D eigenvalue weighted by molar-refractivity contribution is 0.511. The Morgan fingerprint density at radius 3 is 2.59 bits per heavy atom. The maximum atomic E-state index is 13.3. The smallest absolute Gasteiger partial charge is 0.183 e. The molecule has 96 valence electrons. The molecule has 0 aliphatic rings. The molecule has 1 aromatic carbocycles. The van der Waals surface area contributed by atoms with Crippen LogP contribution in [0.2, 0.25) is 0 Å². The van der Waals surface area contributed by atoms with Crippen molar-refractivity contribution in [2.45, 2.75) is 6.42 Å². The summed E-state index contributed by atoms with van der Waals surface area (Å²) in [5.41, 5.74) is 5.43. The number of anilines is 2. The van der Waals surface area contributed by atoms with Gasteiger partial charge in [-0.15, -0.1) is 0 Å². The van der Waals surface area contributed by atoms with Crippen molar-refractivity contribution < 1.29 is 17.2 Å². The van der Waals surface area contributed by atoms with E-state index >= 15 is 0 Å². The van der Waals surface area contributed by atoms with Crippen molar-refractivity contribution in [3.8, 4) is 0 Å². The lowest BCUT2D eigenvalue weighted by Gasteiger charge is -2.10. The number of benzene rings is 1. The lowest BCUT2D eigenvalue weighted by atomic mass is 10.2. The molecule has 1 aromatic rings. The first-order valence-electron chi connectivity index (χ1n) is 4.96. The highest BCUT2D eigenvalue weighted by Gasteiger charge is 2.11. The number of halogens is 2. The van der Waals surface area contributed by atoms with E-state index in [1.165, 1.54) is 6.07 Å². The molecular formula is C10H14F2N2O2S. The van der Waals surface area contributed by atoms with Gasteiger partial charge in [-0.1, -0.05) is 0 Å². The van der Waals surface area contributed by atoms with E-state index in [2.05, 4.69) is 5.32 Å². The van der Waals surface area contributed by atoms with Crippen LogP contribution in [0.1, 0.15) is 6.42 Å². The molecule has 0 heterocycles. The highest BCUT2D eigenvalue weighted by molar-refractivity contribution is 7.90. The van der Waals surface area contributed by atoms with Crippen LogP contribution in [0.4, 0.5) is 20.2 Å². The van der Waals surface area contributed by atoms with Gasteiger partial charge in [-0.05, 0) is 18.6 Å². The summed E-state index contributed by atoms with van der Waals surface area (Å²) in [5.74, 6) is -2.06. The Kier molecular flexibility index (Phi) is 4.28. The van der Waals surface area contributed by atoms with Crippen LogP contribution in [0.15, 0.2) is 12.1 Å². The molecule has 0 fully saturated rings. The molecule has 4 nitrogen and oxygen atoms in total. The highest BCUT2D eigenvalue weighted by Crippen LogP contribution is 2.24. The molecule has 0 radical (unpaired) electrons. The fraction of sp³-hybridized carbons (Fsp3) is 0.400. The molecule has 0 aliphatic heterocycles. The number of sulfone groups is 1. The van der Waals surface area contributed by atoms with Gasteiger partial charge in [0.25, 0.3) is 0 Å². The van der Waals surface area contributed by atoms with Crippen LogP contribution in [-0.2, 0) is 9.84 Å². The van der Waals surface area contributed by atoms with Crippen molar-refractivity contribution >= 4 is 21.2 Å². The van der Waals surface area contributed by atoms with Crippen LogP contribution < -0.4 is 11.1 Å². The molecule has 17 heavy (non-hydrogen) atoms. The first-order valence-corrected chi connectivity index (χ1v) is 7.02. The van der Waals surface area contributed by atoms with Gasteiger partial charge >= 0.3 is 0 Å². The third-order valence-electron chi connectivity index (χ3n) is 2.12. The Hall–Kier alpha value is -1.37.